The smallest absolute Gasteiger partial charge is 0.0437 e. The second-order valence-electron chi connectivity index (χ2n) is 5.39. The lowest BCUT2D eigenvalue weighted by molar-refractivity contribution is 0.275. The lowest BCUT2D eigenvalue weighted by Gasteiger charge is -2.31. The van der Waals surface area contributed by atoms with Crippen LogP contribution >= 0.6 is 0 Å². The molecule has 1 fully saturated rings. The van der Waals surface area contributed by atoms with Gasteiger partial charge in [-0.2, -0.15) is 0 Å². The highest BCUT2D eigenvalue weighted by Crippen LogP contribution is 2.36. The topological polar surface area (TPSA) is 38.9 Å². The molecule has 2 heteroatoms. The van der Waals surface area contributed by atoms with Gasteiger partial charge in [-0.15, -0.1) is 0 Å². The highest BCUT2D eigenvalue weighted by atomic mass is 14.7. The molecule has 1 unspecified atom stereocenters. The van der Waals surface area contributed by atoms with Gasteiger partial charge in [-0.3, -0.25) is 4.98 Å². The molecule has 2 N–H and O–H groups in total. The zero-order valence-electron chi connectivity index (χ0n) is 11.0. The highest BCUT2D eigenvalue weighted by molar-refractivity contribution is 5.14. The molecule has 2 rings (SSSR count). The van der Waals surface area contributed by atoms with Crippen molar-refractivity contribution in [2.75, 3.05) is 0 Å². The van der Waals surface area contributed by atoms with Gasteiger partial charge in [0.25, 0.3) is 0 Å². The van der Waals surface area contributed by atoms with Crippen molar-refractivity contribution in [1.82, 2.24) is 4.98 Å². The van der Waals surface area contributed by atoms with Crippen LogP contribution in [0.25, 0.3) is 0 Å². The molecular weight excluding hydrogens is 208 g/mol. The zero-order valence-corrected chi connectivity index (χ0v) is 11.0. The second kappa shape index (κ2) is 5.63. The first-order valence-corrected chi connectivity index (χ1v) is 6.89. The van der Waals surface area contributed by atoms with Gasteiger partial charge in [0.15, 0.2) is 0 Å². The number of pyridine rings is 1. The van der Waals surface area contributed by atoms with Crippen LogP contribution in [0.1, 0.15) is 56.3 Å². The first kappa shape index (κ1) is 12.6. The molecule has 0 spiro atoms. The maximum Gasteiger partial charge on any atom is 0.0437 e. The lowest BCUT2D eigenvalue weighted by Crippen LogP contribution is -2.32. The Hall–Kier alpha value is -0.890. The van der Waals surface area contributed by atoms with Gasteiger partial charge >= 0.3 is 0 Å². The van der Waals surface area contributed by atoms with Crippen LogP contribution in [0.2, 0.25) is 0 Å². The molecule has 1 aliphatic carbocycles. The molecule has 0 bridgehead atoms. The average molecular weight is 232 g/mol. The van der Waals surface area contributed by atoms with Gasteiger partial charge in [-0.05, 0) is 57.1 Å². The van der Waals surface area contributed by atoms with E-state index in [0.717, 1.165) is 18.0 Å². The Morgan fingerprint density at radius 3 is 2.59 bits per heavy atom. The molecule has 94 valence electrons. The van der Waals surface area contributed by atoms with E-state index in [1.807, 2.05) is 0 Å². The first-order chi connectivity index (χ1) is 8.20. The number of aromatic nitrogens is 1. The van der Waals surface area contributed by atoms with Crippen LogP contribution < -0.4 is 5.73 Å². The summed E-state index contributed by atoms with van der Waals surface area (Å²) in [5, 5.41) is 0. The Morgan fingerprint density at radius 1 is 1.29 bits per heavy atom. The van der Waals surface area contributed by atoms with E-state index >= 15 is 0 Å². The number of aryl methyl sites for hydroxylation is 1. The summed E-state index contributed by atoms with van der Waals surface area (Å²) < 4.78 is 0. The van der Waals surface area contributed by atoms with E-state index in [4.69, 9.17) is 5.73 Å². The molecule has 0 amide bonds. The minimum Gasteiger partial charge on any atom is -0.327 e. The van der Waals surface area contributed by atoms with Crippen molar-refractivity contribution in [3.05, 3.63) is 29.6 Å². The highest BCUT2D eigenvalue weighted by Gasteiger charge is 2.26. The Kier molecular flexibility index (Phi) is 4.16. The molecule has 0 aromatic carbocycles. The van der Waals surface area contributed by atoms with E-state index < -0.39 is 0 Å². The predicted molar refractivity (Wildman–Crippen MR) is 71.9 cm³/mol. The van der Waals surface area contributed by atoms with E-state index in [9.17, 15) is 0 Å². The van der Waals surface area contributed by atoms with Crippen LogP contribution in [0.3, 0.4) is 0 Å². The monoisotopic (exact) mass is 232 g/mol. The normalized spacial score (nSPS) is 26.8. The largest absolute Gasteiger partial charge is 0.327 e. The molecule has 0 radical (unpaired) electrons. The SMILES string of the molecule is CCC(N)C1CCC(c2cccc(C)n2)CC1. The molecule has 1 saturated carbocycles. The van der Waals surface area contributed by atoms with E-state index in [0.29, 0.717) is 12.0 Å². The minimum atomic E-state index is 0.404. The fourth-order valence-electron chi connectivity index (χ4n) is 2.97. The van der Waals surface area contributed by atoms with Gasteiger partial charge in [-0.25, -0.2) is 0 Å². The Balaban J connectivity index is 1.95. The van der Waals surface area contributed by atoms with Gasteiger partial charge < -0.3 is 5.73 Å². The van der Waals surface area contributed by atoms with Crippen LogP contribution in [0.4, 0.5) is 0 Å². The number of rotatable bonds is 3. The molecule has 0 aliphatic heterocycles. The van der Waals surface area contributed by atoms with E-state index in [1.165, 1.54) is 31.4 Å². The molecular formula is C15H24N2. The maximum absolute atomic E-state index is 6.14. The van der Waals surface area contributed by atoms with E-state index in [1.54, 1.807) is 0 Å². The summed E-state index contributed by atoms with van der Waals surface area (Å²) in [6.07, 6.45) is 6.17. The zero-order chi connectivity index (χ0) is 12.3. The van der Waals surface area contributed by atoms with Crippen molar-refractivity contribution in [2.45, 2.75) is 57.9 Å². The Bertz CT molecular complexity index is 354. The summed E-state index contributed by atoms with van der Waals surface area (Å²) in [4.78, 5) is 4.66. The summed E-state index contributed by atoms with van der Waals surface area (Å²) in [6.45, 7) is 4.26. The Labute approximate surface area is 105 Å². The number of nitrogens with two attached hydrogens (primary N) is 1. The molecule has 1 heterocycles. The Morgan fingerprint density at radius 2 is 2.00 bits per heavy atom. The van der Waals surface area contributed by atoms with Crippen molar-refractivity contribution in [2.24, 2.45) is 11.7 Å². The molecule has 17 heavy (non-hydrogen) atoms. The fourth-order valence-corrected chi connectivity index (χ4v) is 2.97. The molecule has 1 aromatic heterocycles. The van der Waals surface area contributed by atoms with Crippen molar-refractivity contribution in [3.63, 3.8) is 0 Å². The maximum atomic E-state index is 6.14. The van der Waals surface area contributed by atoms with Crippen molar-refractivity contribution in [3.8, 4) is 0 Å². The van der Waals surface area contributed by atoms with Crippen LogP contribution in [-0.4, -0.2) is 11.0 Å². The first-order valence-electron chi connectivity index (χ1n) is 6.89. The van der Waals surface area contributed by atoms with Gasteiger partial charge in [-0.1, -0.05) is 13.0 Å². The summed E-state index contributed by atoms with van der Waals surface area (Å²) in [7, 11) is 0. The molecule has 1 atom stereocenters. The van der Waals surface area contributed by atoms with Gasteiger partial charge in [0.1, 0.15) is 0 Å². The van der Waals surface area contributed by atoms with Crippen LogP contribution in [0, 0.1) is 12.8 Å². The molecule has 0 saturated heterocycles. The van der Waals surface area contributed by atoms with Crippen LogP contribution in [0.5, 0.6) is 0 Å². The van der Waals surface area contributed by atoms with Crippen molar-refractivity contribution >= 4 is 0 Å². The van der Waals surface area contributed by atoms with E-state index in [2.05, 4.69) is 37.0 Å². The van der Waals surface area contributed by atoms with Crippen LogP contribution in [-0.2, 0) is 0 Å². The standard InChI is InChI=1S/C15H24N2/c1-3-14(16)12-7-9-13(10-8-12)15-6-4-5-11(2)17-15/h4-6,12-14H,3,7-10,16H2,1-2H3. The molecule has 1 aromatic rings. The predicted octanol–water partition coefficient (Wildman–Crippen LogP) is 3.40. The van der Waals surface area contributed by atoms with Gasteiger partial charge in [0, 0.05) is 23.3 Å². The third kappa shape index (κ3) is 3.06. The summed E-state index contributed by atoms with van der Waals surface area (Å²) >= 11 is 0. The number of nitrogens with zero attached hydrogens (tertiary/aromatic N) is 1. The average Bonchev–Trinajstić information content (AvgIpc) is 2.38. The third-order valence-electron chi connectivity index (χ3n) is 4.18. The van der Waals surface area contributed by atoms with Crippen molar-refractivity contribution < 1.29 is 0 Å². The molecule has 2 nitrogen and oxygen atoms in total. The van der Waals surface area contributed by atoms with Gasteiger partial charge in [0.2, 0.25) is 0 Å². The lowest BCUT2D eigenvalue weighted by atomic mass is 9.77. The van der Waals surface area contributed by atoms with E-state index in [-0.39, 0.29) is 0 Å². The molecule has 1 aliphatic rings. The summed E-state index contributed by atoms with van der Waals surface area (Å²) in [5.41, 5.74) is 8.56. The summed E-state index contributed by atoms with van der Waals surface area (Å²) in [5.74, 6) is 1.40. The third-order valence-corrected chi connectivity index (χ3v) is 4.18. The number of hydrogen-bond donors (Lipinski definition) is 1. The second-order valence-corrected chi connectivity index (χ2v) is 5.39. The van der Waals surface area contributed by atoms with Crippen LogP contribution in [0.15, 0.2) is 18.2 Å². The quantitative estimate of drug-likeness (QED) is 0.867. The van der Waals surface area contributed by atoms with Crippen molar-refractivity contribution in [1.29, 1.82) is 0 Å². The number of hydrogen-bond acceptors (Lipinski definition) is 2. The minimum absolute atomic E-state index is 0.404. The summed E-state index contributed by atoms with van der Waals surface area (Å²) in [6, 6.07) is 6.78. The fraction of sp³-hybridized carbons (Fsp3) is 0.667. The van der Waals surface area contributed by atoms with Gasteiger partial charge in [0.05, 0.1) is 0 Å².